The molecule has 25 heavy (non-hydrogen) atoms. The van der Waals surface area contributed by atoms with Gasteiger partial charge in [-0.2, -0.15) is 0 Å². The fourth-order valence-corrected chi connectivity index (χ4v) is 2.68. The Kier molecular flexibility index (Phi) is 4.82. The summed E-state index contributed by atoms with van der Waals surface area (Å²) in [6.45, 7) is 3.34. The van der Waals surface area contributed by atoms with Crippen molar-refractivity contribution >= 4 is 11.9 Å². The maximum atomic E-state index is 11.2. The average Bonchev–Trinajstić information content (AvgIpc) is 3.23. The van der Waals surface area contributed by atoms with Gasteiger partial charge >= 0.3 is 17.9 Å². The van der Waals surface area contributed by atoms with Crippen LogP contribution in [0, 0.1) is 6.92 Å². The van der Waals surface area contributed by atoms with E-state index in [9.17, 15) is 9.59 Å². The van der Waals surface area contributed by atoms with E-state index in [1.54, 1.807) is 10.8 Å². The molecule has 1 aromatic heterocycles. The molecule has 132 valence electrons. The quantitative estimate of drug-likeness (QED) is 0.646. The number of carboxylic acid groups (broad SMARTS) is 1. The van der Waals surface area contributed by atoms with Crippen LogP contribution in [-0.4, -0.2) is 39.8 Å². The lowest BCUT2D eigenvalue weighted by Gasteiger charge is -2.28. The Hall–Kier alpha value is -2.71. The van der Waals surface area contributed by atoms with Crippen LogP contribution in [0.25, 0.3) is 0 Å². The van der Waals surface area contributed by atoms with E-state index in [1.807, 2.05) is 31.2 Å². The molecular formula is C17H18N2O6. The number of benzene rings is 1. The molecular weight excluding hydrogens is 328 g/mol. The van der Waals surface area contributed by atoms with Crippen LogP contribution >= 0.6 is 0 Å². The molecule has 0 radical (unpaired) electrons. The molecule has 0 bridgehead atoms. The zero-order chi connectivity index (χ0) is 17.9. The second-order valence-corrected chi connectivity index (χ2v) is 5.66. The number of rotatable bonds is 5. The van der Waals surface area contributed by atoms with Crippen LogP contribution in [0.3, 0.4) is 0 Å². The Bertz CT molecular complexity index is 762. The highest BCUT2D eigenvalue weighted by Crippen LogP contribution is 2.35. The van der Waals surface area contributed by atoms with Crippen LogP contribution < -0.4 is 4.74 Å². The van der Waals surface area contributed by atoms with Gasteiger partial charge in [-0.3, -0.25) is 0 Å². The summed E-state index contributed by atoms with van der Waals surface area (Å²) in [6.07, 6.45) is 3.48. The zero-order valence-electron chi connectivity index (χ0n) is 13.7. The van der Waals surface area contributed by atoms with Crippen LogP contribution in [0.5, 0.6) is 6.01 Å². The van der Waals surface area contributed by atoms with Gasteiger partial charge in [-0.25, -0.2) is 14.6 Å². The topological polar surface area (TPSA) is 99.9 Å². The molecule has 0 aliphatic carbocycles. The van der Waals surface area contributed by atoms with Gasteiger partial charge in [0.05, 0.1) is 13.2 Å². The van der Waals surface area contributed by atoms with Crippen molar-refractivity contribution in [1.82, 2.24) is 9.55 Å². The van der Waals surface area contributed by atoms with Crippen molar-refractivity contribution in [2.24, 2.45) is 0 Å². The molecule has 0 unspecified atom stereocenters. The van der Waals surface area contributed by atoms with E-state index in [-0.39, 0.29) is 6.01 Å². The Morgan fingerprint density at radius 2 is 1.96 bits per heavy atom. The Balaban J connectivity index is 1.75. The summed E-state index contributed by atoms with van der Waals surface area (Å²) in [5.74, 6) is -3.94. The number of ether oxygens (including phenoxy) is 3. The number of aromatic nitrogens is 2. The second-order valence-electron chi connectivity index (χ2n) is 5.66. The first-order chi connectivity index (χ1) is 12.0. The van der Waals surface area contributed by atoms with Gasteiger partial charge in [-0.15, -0.1) is 0 Å². The van der Waals surface area contributed by atoms with Crippen molar-refractivity contribution in [1.29, 1.82) is 0 Å². The number of hydrogen-bond acceptors (Lipinski definition) is 6. The minimum atomic E-state index is -1.67. The summed E-state index contributed by atoms with van der Waals surface area (Å²) in [5.41, 5.74) is 2.04. The van der Waals surface area contributed by atoms with Gasteiger partial charge in [0.25, 0.3) is 0 Å². The fraction of sp³-hybridized carbons (Fsp3) is 0.353. The predicted octanol–water partition coefficient (Wildman–Crippen LogP) is 1.47. The Morgan fingerprint density at radius 1 is 1.28 bits per heavy atom. The number of carbonyl (C=O) groups is 2. The number of imidazole rings is 1. The van der Waals surface area contributed by atoms with E-state index >= 15 is 0 Å². The largest absolute Gasteiger partial charge is 0.473 e. The summed E-state index contributed by atoms with van der Waals surface area (Å²) >= 11 is 0. The monoisotopic (exact) mass is 346 g/mol. The number of carboxylic acids is 1. The zero-order valence-corrected chi connectivity index (χ0v) is 13.7. The number of aliphatic carboxylic acids is 1. The number of aryl methyl sites for hydroxylation is 2. The van der Waals surface area contributed by atoms with Crippen LogP contribution in [-0.2, 0) is 31.4 Å². The molecule has 8 nitrogen and oxygen atoms in total. The molecule has 0 amide bonds. The van der Waals surface area contributed by atoms with Crippen LogP contribution in [0.4, 0.5) is 0 Å². The van der Waals surface area contributed by atoms with Crippen molar-refractivity contribution in [2.75, 3.05) is 13.2 Å². The van der Waals surface area contributed by atoms with Gasteiger partial charge in [0.15, 0.2) is 5.79 Å². The summed E-state index contributed by atoms with van der Waals surface area (Å²) in [7, 11) is 0. The molecule has 1 saturated heterocycles. The van der Waals surface area contributed by atoms with Crippen molar-refractivity contribution in [3.05, 3.63) is 47.8 Å². The Labute approximate surface area is 143 Å². The lowest BCUT2D eigenvalue weighted by atomic mass is 10.0. The first-order valence-corrected chi connectivity index (χ1v) is 7.81. The summed E-state index contributed by atoms with van der Waals surface area (Å²) in [4.78, 5) is 25.7. The van der Waals surface area contributed by atoms with E-state index in [1.165, 1.54) is 6.20 Å². The van der Waals surface area contributed by atoms with Gasteiger partial charge in [0.2, 0.25) is 0 Å². The highest BCUT2D eigenvalue weighted by molar-refractivity contribution is 6.29. The molecule has 1 fully saturated rings. The molecule has 3 rings (SSSR count). The molecule has 2 aromatic rings. The number of nitrogens with zero attached hydrogens (tertiary/aromatic N) is 2. The molecule has 1 N–H and O–H groups in total. The molecule has 0 saturated carbocycles. The summed E-state index contributed by atoms with van der Waals surface area (Å²) < 4.78 is 18.0. The minimum absolute atomic E-state index is 0.0792. The van der Waals surface area contributed by atoms with E-state index < -0.39 is 17.7 Å². The number of esters is 1. The van der Waals surface area contributed by atoms with Crippen LogP contribution in [0.2, 0.25) is 0 Å². The standard InChI is InChI=1S/C17H18N2O6/c1-12-2-4-13(5-3-12)17(23-10-11-24-17)6-8-19-9-7-18-16(19)25-15(22)14(20)21/h2-5,7,9H,6,8,10-11H2,1H3,(H,20,21). The summed E-state index contributed by atoms with van der Waals surface area (Å²) in [6, 6.07) is 7.81. The lowest BCUT2D eigenvalue weighted by molar-refractivity contribution is -0.172. The van der Waals surface area contributed by atoms with Crippen LogP contribution in [0.15, 0.2) is 36.7 Å². The molecule has 0 spiro atoms. The average molecular weight is 346 g/mol. The smallest absolute Gasteiger partial charge is 0.425 e. The molecule has 2 heterocycles. The van der Waals surface area contributed by atoms with E-state index in [2.05, 4.69) is 4.98 Å². The first-order valence-electron chi connectivity index (χ1n) is 7.81. The molecule has 1 aliphatic heterocycles. The van der Waals surface area contributed by atoms with Gasteiger partial charge in [0, 0.05) is 30.9 Å². The van der Waals surface area contributed by atoms with Crippen molar-refractivity contribution < 1.29 is 28.9 Å². The maximum absolute atomic E-state index is 11.2. The summed E-state index contributed by atoms with van der Waals surface area (Å²) in [5, 5.41) is 8.63. The normalized spacial score (nSPS) is 15.9. The van der Waals surface area contributed by atoms with Gasteiger partial charge in [0.1, 0.15) is 0 Å². The maximum Gasteiger partial charge on any atom is 0.425 e. The third kappa shape index (κ3) is 3.70. The minimum Gasteiger partial charge on any atom is -0.473 e. The number of hydrogen-bond donors (Lipinski definition) is 1. The molecule has 1 aliphatic rings. The molecule has 8 heteroatoms. The van der Waals surface area contributed by atoms with Gasteiger partial charge in [-0.05, 0) is 6.92 Å². The van der Waals surface area contributed by atoms with Gasteiger partial charge < -0.3 is 23.9 Å². The van der Waals surface area contributed by atoms with E-state index in [0.29, 0.717) is 26.2 Å². The van der Waals surface area contributed by atoms with Crippen molar-refractivity contribution in [3.63, 3.8) is 0 Å². The highest BCUT2D eigenvalue weighted by Gasteiger charge is 2.38. The SMILES string of the molecule is Cc1ccc(C2(CCn3ccnc3OC(=O)C(=O)O)OCCO2)cc1. The van der Waals surface area contributed by atoms with Gasteiger partial charge in [-0.1, -0.05) is 29.8 Å². The molecule has 1 aromatic carbocycles. The van der Waals surface area contributed by atoms with Crippen LogP contribution in [0.1, 0.15) is 17.5 Å². The fourth-order valence-electron chi connectivity index (χ4n) is 2.68. The third-order valence-electron chi connectivity index (χ3n) is 3.96. The second kappa shape index (κ2) is 7.04. The van der Waals surface area contributed by atoms with E-state index in [4.69, 9.17) is 19.3 Å². The highest BCUT2D eigenvalue weighted by atomic mass is 16.7. The Morgan fingerprint density at radius 3 is 2.60 bits per heavy atom. The van der Waals surface area contributed by atoms with Crippen molar-refractivity contribution in [2.45, 2.75) is 25.7 Å². The van der Waals surface area contributed by atoms with Crippen molar-refractivity contribution in [3.8, 4) is 6.01 Å². The molecule has 0 atom stereocenters. The third-order valence-corrected chi connectivity index (χ3v) is 3.96. The lowest BCUT2D eigenvalue weighted by Crippen LogP contribution is -2.29. The van der Waals surface area contributed by atoms with E-state index in [0.717, 1.165) is 11.1 Å². The predicted molar refractivity (Wildman–Crippen MR) is 84.9 cm³/mol. The first kappa shape index (κ1) is 17.1. The number of carbonyl (C=O) groups excluding carboxylic acids is 1.